The standard InChI is InChI=1S/C11H11FN6O/c1-2-13-9-8(5-7(12)6-15-9)10(19)17-11-14-3-4-16-18-11/h3-6H,2H2,1H3,(H,13,15)(H,14,17,18,19). The molecule has 0 radical (unpaired) electrons. The van der Waals surface area contributed by atoms with Crippen molar-refractivity contribution in [3.8, 4) is 0 Å². The Morgan fingerprint density at radius 2 is 2.21 bits per heavy atom. The topological polar surface area (TPSA) is 92.7 Å². The summed E-state index contributed by atoms with van der Waals surface area (Å²) in [5.74, 6) is -0.820. The molecule has 2 heterocycles. The lowest BCUT2D eigenvalue weighted by atomic mass is 10.2. The highest BCUT2D eigenvalue weighted by molar-refractivity contribution is 6.06. The number of anilines is 2. The van der Waals surface area contributed by atoms with Gasteiger partial charge in [-0.05, 0) is 13.0 Å². The molecule has 0 aliphatic rings. The van der Waals surface area contributed by atoms with E-state index in [2.05, 4.69) is 30.8 Å². The van der Waals surface area contributed by atoms with Crippen molar-refractivity contribution in [2.24, 2.45) is 0 Å². The van der Waals surface area contributed by atoms with Gasteiger partial charge in [-0.3, -0.25) is 10.1 Å². The van der Waals surface area contributed by atoms with E-state index >= 15 is 0 Å². The second-order valence-electron chi connectivity index (χ2n) is 3.50. The van der Waals surface area contributed by atoms with E-state index in [0.29, 0.717) is 12.4 Å². The number of hydrogen-bond donors (Lipinski definition) is 2. The highest BCUT2D eigenvalue weighted by Crippen LogP contribution is 2.14. The van der Waals surface area contributed by atoms with E-state index in [1.165, 1.54) is 12.4 Å². The van der Waals surface area contributed by atoms with Gasteiger partial charge in [0, 0.05) is 6.54 Å². The van der Waals surface area contributed by atoms with Crippen LogP contribution in [-0.4, -0.2) is 32.6 Å². The van der Waals surface area contributed by atoms with E-state index < -0.39 is 11.7 Å². The van der Waals surface area contributed by atoms with Gasteiger partial charge in [0.05, 0.1) is 24.2 Å². The molecule has 2 N–H and O–H groups in total. The van der Waals surface area contributed by atoms with E-state index in [1.54, 1.807) is 0 Å². The van der Waals surface area contributed by atoms with Crippen molar-refractivity contribution in [2.45, 2.75) is 6.92 Å². The minimum absolute atomic E-state index is 0.0409. The van der Waals surface area contributed by atoms with Crippen LogP contribution in [0.15, 0.2) is 24.7 Å². The monoisotopic (exact) mass is 262 g/mol. The summed E-state index contributed by atoms with van der Waals surface area (Å²) >= 11 is 0. The van der Waals surface area contributed by atoms with Gasteiger partial charge in [-0.25, -0.2) is 14.4 Å². The lowest BCUT2D eigenvalue weighted by molar-refractivity contribution is 0.102. The molecule has 2 aromatic heterocycles. The Morgan fingerprint density at radius 1 is 1.37 bits per heavy atom. The van der Waals surface area contributed by atoms with Crippen LogP contribution in [0.1, 0.15) is 17.3 Å². The van der Waals surface area contributed by atoms with E-state index in [9.17, 15) is 9.18 Å². The normalized spacial score (nSPS) is 10.0. The van der Waals surface area contributed by atoms with E-state index in [0.717, 1.165) is 12.3 Å². The summed E-state index contributed by atoms with van der Waals surface area (Å²) < 4.78 is 13.2. The lowest BCUT2D eigenvalue weighted by Gasteiger charge is -2.09. The summed E-state index contributed by atoms with van der Waals surface area (Å²) in [6.45, 7) is 2.40. The number of carbonyl (C=O) groups is 1. The van der Waals surface area contributed by atoms with Crippen LogP contribution >= 0.6 is 0 Å². The van der Waals surface area contributed by atoms with Crippen molar-refractivity contribution in [1.29, 1.82) is 0 Å². The predicted octanol–water partition coefficient (Wildman–Crippen LogP) is 1.09. The molecular formula is C11H11FN6O. The van der Waals surface area contributed by atoms with Gasteiger partial charge in [0.15, 0.2) is 0 Å². The minimum Gasteiger partial charge on any atom is -0.370 e. The fourth-order valence-corrected chi connectivity index (χ4v) is 1.39. The van der Waals surface area contributed by atoms with Crippen molar-refractivity contribution in [3.63, 3.8) is 0 Å². The predicted molar refractivity (Wildman–Crippen MR) is 66.1 cm³/mol. The van der Waals surface area contributed by atoms with Crippen molar-refractivity contribution in [1.82, 2.24) is 20.2 Å². The molecule has 98 valence electrons. The Kier molecular flexibility index (Phi) is 3.91. The number of nitrogens with zero attached hydrogens (tertiary/aromatic N) is 4. The van der Waals surface area contributed by atoms with Gasteiger partial charge in [0.2, 0.25) is 5.95 Å². The van der Waals surface area contributed by atoms with Crippen LogP contribution in [-0.2, 0) is 0 Å². The van der Waals surface area contributed by atoms with Gasteiger partial charge in [-0.2, -0.15) is 5.10 Å². The molecule has 0 fully saturated rings. The summed E-state index contributed by atoms with van der Waals surface area (Å²) in [4.78, 5) is 19.6. The number of amides is 1. The molecule has 0 atom stereocenters. The SMILES string of the molecule is CCNc1ncc(F)cc1C(=O)Nc1nccnn1. The van der Waals surface area contributed by atoms with Gasteiger partial charge in [0.25, 0.3) is 5.91 Å². The number of nitrogens with one attached hydrogen (secondary N) is 2. The van der Waals surface area contributed by atoms with Crippen LogP contribution < -0.4 is 10.6 Å². The fourth-order valence-electron chi connectivity index (χ4n) is 1.39. The van der Waals surface area contributed by atoms with Crippen LogP contribution in [0.2, 0.25) is 0 Å². The number of halogens is 1. The molecule has 0 bridgehead atoms. The van der Waals surface area contributed by atoms with E-state index in [4.69, 9.17) is 0 Å². The lowest BCUT2D eigenvalue weighted by Crippen LogP contribution is -2.17. The zero-order valence-corrected chi connectivity index (χ0v) is 10.1. The van der Waals surface area contributed by atoms with Gasteiger partial charge in [-0.1, -0.05) is 0 Å². The molecule has 0 aliphatic carbocycles. The first-order valence-corrected chi connectivity index (χ1v) is 5.55. The Hall–Kier alpha value is -2.64. The summed E-state index contributed by atoms with van der Waals surface area (Å²) in [5, 5.41) is 12.5. The third-order valence-corrected chi connectivity index (χ3v) is 2.15. The first kappa shape index (κ1) is 12.8. The van der Waals surface area contributed by atoms with Crippen LogP contribution in [0, 0.1) is 5.82 Å². The molecular weight excluding hydrogens is 251 g/mol. The summed E-state index contributed by atoms with van der Waals surface area (Å²) in [5.41, 5.74) is 0.0781. The molecule has 2 aromatic rings. The van der Waals surface area contributed by atoms with Crippen molar-refractivity contribution >= 4 is 17.7 Å². The Labute approximate surface area is 108 Å². The van der Waals surface area contributed by atoms with E-state index in [1.807, 2.05) is 6.92 Å². The Balaban J connectivity index is 2.25. The molecule has 0 spiro atoms. The number of aromatic nitrogens is 4. The van der Waals surface area contributed by atoms with Gasteiger partial charge in [0.1, 0.15) is 11.6 Å². The number of pyridine rings is 1. The van der Waals surface area contributed by atoms with Crippen LogP contribution in [0.25, 0.3) is 0 Å². The number of rotatable bonds is 4. The van der Waals surface area contributed by atoms with Crippen LogP contribution in [0.4, 0.5) is 16.2 Å². The maximum atomic E-state index is 13.2. The highest BCUT2D eigenvalue weighted by atomic mass is 19.1. The third kappa shape index (κ3) is 3.18. The third-order valence-electron chi connectivity index (χ3n) is 2.15. The quantitative estimate of drug-likeness (QED) is 0.856. The molecule has 0 unspecified atom stereocenters. The molecule has 0 aliphatic heterocycles. The zero-order chi connectivity index (χ0) is 13.7. The second kappa shape index (κ2) is 5.80. The van der Waals surface area contributed by atoms with Gasteiger partial charge >= 0.3 is 0 Å². The van der Waals surface area contributed by atoms with Crippen molar-refractivity contribution in [3.05, 3.63) is 36.0 Å². The zero-order valence-electron chi connectivity index (χ0n) is 10.1. The molecule has 0 saturated heterocycles. The summed E-state index contributed by atoms with van der Waals surface area (Å²) in [7, 11) is 0. The fraction of sp³-hybridized carbons (Fsp3) is 0.182. The summed E-state index contributed by atoms with van der Waals surface area (Å²) in [6.07, 6.45) is 3.80. The maximum Gasteiger partial charge on any atom is 0.261 e. The molecule has 1 amide bonds. The second-order valence-corrected chi connectivity index (χ2v) is 3.50. The van der Waals surface area contributed by atoms with E-state index in [-0.39, 0.29) is 11.5 Å². The molecule has 0 aromatic carbocycles. The summed E-state index contributed by atoms with van der Waals surface area (Å²) in [6, 6.07) is 1.09. The van der Waals surface area contributed by atoms with Gasteiger partial charge in [-0.15, -0.1) is 5.10 Å². The first-order valence-electron chi connectivity index (χ1n) is 5.55. The Morgan fingerprint density at radius 3 is 2.89 bits per heavy atom. The first-order chi connectivity index (χ1) is 9.20. The largest absolute Gasteiger partial charge is 0.370 e. The maximum absolute atomic E-state index is 13.2. The number of hydrogen-bond acceptors (Lipinski definition) is 6. The molecule has 8 heteroatoms. The number of carbonyl (C=O) groups excluding carboxylic acids is 1. The van der Waals surface area contributed by atoms with Crippen LogP contribution in [0.3, 0.4) is 0 Å². The molecule has 0 saturated carbocycles. The average Bonchev–Trinajstić information content (AvgIpc) is 2.42. The van der Waals surface area contributed by atoms with Gasteiger partial charge < -0.3 is 5.32 Å². The van der Waals surface area contributed by atoms with Crippen molar-refractivity contribution in [2.75, 3.05) is 17.2 Å². The Bertz CT molecular complexity index is 577. The molecule has 7 nitrogen and oxygen atoms in total. The molecule has 2 rings (SSSR count). The average molecular weight is 262 g/mol. The van der Waals surface area contributed by atoms with Crippen molar-refractivity contribution < 1.29 is 9.18 Å². The highest BCUT2D eigenvalue weighted by Gasteiger charge is 2.15. The smallest absolute Gasteiger partial charge is 0.261 e. The van der Waals surface area contributed by atoms with Crippen LogP contribution in [0.5, 0.6) is 0 Å². The molecule has 19 heavy (non-hydrogen) atoms. The minimum atomic E-state index is -0.598.